The zero-order chi connectivity index (χ0) is 16.6. The highest BCUT2D eigenvalue weighted by Crippen LogP contribution is 2.28. The standard InChI is InChI=1S/C16H20Cl2N4O/c1-16(2,23)15-4-3-7-21(15)9-11-10-22(20-19-11)12-5-6-13(17)14(18)8-12/h5-6,8,10,15,23H,3-4,7,9H2,1-2H3. The number of likely N-dealkylation sites (tertiary alicyclic amines) is 1. The molecule has 0 spiro atoms. The molecule has 23 heavy (non-hydrogen) atoms. The zero-order valence-corrected chi connectivity index (χ0v) is 14.7. The average molecular weight is 355 g/mol. The number of halogens is 2. The van der Waals surface area contributed by atoms with Gasteiger partial charge in [0, 0.05) is 12.6 Å². The van der Waals surface area contributed by atoms with Crippen molar-refractivity contribution in [2.45, 2.75) is 44.9 Å². The Kier molecular flexibility index (Phi) is 4.65. The second kappa shape index (κ2) is 6.40. The highest BCUT2D eigenvalue weighted by Gasteiger charge is 2.35. The summed E-state index contributed by atoms with van der Waals surface area (Å²) in [6.45, 7) is 5.37. The van der Waals surface area contributed by atoms with Gasteiger partial charge >= 0.3 is 0 Å². The molecule has 7 heteroatoms. The minimum atomic E-state index is -0.712. The first kappa shape index (κ1) is 16.7. The van der Waals surface area contributed by atoms with Crippen molar-refractivity contribution in [3.63, 3.8) is 0 Å². The van der Waals surface area contributed by atoms with Gasteiger partial charge in [-0.3, -0.25) is 4.90 Å². The minimum Gasteiger partial charge on any atom is -0.389 e. The van der Waals surface area contributed by atoms with Crippen LogP contribution in [-0.2, 0) is 6.54 Å². The summed E-state index contributed by atoms with van der Waals surface area (Å²) in [5, 5.41) is 19.7. The predicted molar refractivity (Wildman–Crippen MR) is 91.1 cm³/mol. The smallest absolute Gasteiger partial charge is 0.0971 e. The summed E-state index contributed by atoms with van der Waals surface area (Å²) in [7, 11) is 0. The molecule has 0 radical (unpaired) electrons. The number of nitrogens with zero attached hydrogens (tertiary/aromatic N) is 4. The van der Waals surface area contributed by atoms with Crippen molar-refractivity contribution in [3.8, 4) is 5.69 Å². The topological polar surface area (TPSA) is 54.2 Å². The Morgan fingerprint density at radius 1 is 1.30 bits per heavy atom. The SMILES string of the molecule is CC(C)(O)C1CCCN1Cc1cn(-c2ccc(Cl)c(Cl)c2)nn1. The third-order valence-electron chi connectivity index (χ3n) is 4.25. The van der Waals surface area contributed by atoms with Gasteiger partial charge in [-0.15, -0.1) is 5.10 Å². The molecule has 124 valence electrons. The Morgan fingerprint density at radius 2 is 2.09 bits per heavy atom. The number of aliphatic hydroxyl groups is 1. The molecule has 3 rings (SSSR count). The summed E-state index contributed by atoms with van der Waals surface area (Å²) in [6, 6.07) is 5.50. The van der Waals surface area contributed by atoms with Crippen LogP contribution in [0.3, 0.4) is 0 Å². The van der Waals surface area contributed by atoms with Gasteiger partial charge in [0.1, 0.15) is 0 Å². The van der Waals surface area contributed by atoms with E-state index in [1.54, 1.807) is 16.8 Å². The number of rotatable bonds is 4. The molecule has 1 atom stereocenters. The molecule has 1 fully saturated rings. The lowest BCUT2D eigenvalue weighted by Crippen LogP contribution is -2.45. The molecule has 1 aliphatic heterocycles. The van der Waals surface area contributed by atoms with Crippen LogP contribution in [0.2, 0.25) is 10.0 Å². The van der Waals surface area contributed by atoms with Crippen molar-refractivity contribution in [2.75, 3.05) is 6.54 Å². The molecule has 2 heterocycles. The van der Waals surface area contributed by atoms with Gasteiger partial charge in [-0.1, -0.05) is 28.4 Å². The predicted octanol–water partition coefficient (Wildman–Crippen LogP) is 3.31. The van der Waals surface area contributed by atoms with E-state index in [1.165, 1.54) is 0 Å². The summed E-state index contributed by atoms with van der Waals surface area (Å²) < 4.78 is 1.69. The Bertz CT molecular complexity index is 696. The average Bonchev–Trinajstić information content (AvgIpc) is 3.11. The Balaban J connectivity index is 1.76. The first-order valence-electron chi connectivity index (χ1n) is 7.67. The molecule has 1 aromatic heterocycles. The van der Waals surface area contributed by atoms with Crippen molar-refractivity contribution < 1.29 is 5.11 Å². The molecule has 1 aromatic carbocycles. The van der Waals surface area contributed by atoms with E-state index in [0.717, 1.165) is 30.8 Å². The van der Waals surface area contributed by atoms with E-state index in [2.05, 4.69) is 15.2 Å². The van der Waals surface area contributed by atoms with Crippen LogP contribution in [0.25, 0.3) is 5.69 Å². The van der Waals surface area contributed by atoms with E-state index in [1.807, 2.05) is 26.1 Å². The molecule has 0 bridgehead atoms. The normalized spacial score (nSPS) is 19.4. The summed E-state index contributed by atoms with van der Waals surface area (Å²) in [5.41, 5.74) is 0.974. The lowest BCUT2D eigenvalue weighted by molar-refractivity contribution is -0.00537. The van der Waals surface area contributed by atoms with Crippen LogP contribution < -0.4 is 0 Å². The van der Waals surface area contributed by atoms with Gasteiger partial charge in [-0.2, -0.15) is 0 Å². The summed E-state index contributed by atoms with van der Waals surface area (Å²) in [6.07, 6.45) is 3.99. The summed E-state index contributed by atoms with van der Waals surface area (Å²) >= 11 is 12.0. The van der Waals surface area contributed by atoms with Gasteiger partial charge in [0.2, 0.25) is 0 Å². The lowest BCUT2D eigenvalue weighted by atomic mass is 9.96. The molecule has 0 saturated carbocycles. The molecule has 1 saturated heterocycles. The Hall–Kier alpha value is -1.14. The van der Waals surface area contributed by atoms with Crippen molar-refractivity contribution >= 4 is 23.2 Å². The number of hydrogen-bond donors (Lipinski definition) is 1. The van der Waals surface area contributed by atoms with Gasteiger partial charge in [-0.05, 0) is 51.4 Å². The van der Waals surface area contributed by atoms with Gasteiger partial charge in [0.15, 0.2) is 0 Å². The van der Waals surface area contributed by atoms with Crippen molar-refractivity contribution in [1.29, 1.82) is 0 Å². The fraction of sp³-hybridized carbons (Fsp3) is 0.500. The van der Waals surface area contributed by atoms with Crippen molar-refractivity contribution in [3.05, 3.63) is 40.1 Å². The Labute approximate surface area is 145 Å². The molecule has 1 N–H and O–H groups in total. The number of hydrogen-bond acceptors (Lipinski definition) is 4. The van der Waals surface area contributed by atoms with Crippen molar-refractivity contribution in [1.82, 2.24) is 19.9 Å². The van der Waals surface area contributed by atoms with E-state index >= 15 is 0 Å². The maximum Gasteiger partial charge on any atom is 0.0971 e. The largest absolute Gasteiger partial charge is 0.389 e. The fourth-order valence-electron chi connectivity index (χ4n) is 3.15. The number of benzene rings is 1. The van der Waals surface area contributed by atoms with E-state index < -0.39 is 5.60 Å². The second-order valence-corrected chi connectivity index (χ2v) is 7.35. The minimum absolute atomic E-state index is 0.151. The van der Waals surface area contributed by atoms with E-state index in [0.29, 0.717) is 16.6 Å². The van der Waals surface area contributed by atoms with Crippen molar-refractivity contribution in [2.24, 2.45) is 0 Å². The van der Waals surface area contributed by atoms with E-state index in [4.69, 9.17) is 23.2 Å². The van der Waals surface area contributed by atoms with Crippen LogP contribution in [0, 0.1) is 0 Å². The molecular formula is C16H20Cl2N4O. The summed E-state index contributed by atoms with van der Waals surface area (Å²) in [5.74, 6) is 0. The maximum atomic E-state index is 10.3. The first-order chi connectivity index (χ1) is 10.8. The van der Waals surface area contributed by atoms with Gasteiger partial charge < -0.3 is 5.11 Å². The van der Waals surface area contributed by atoms with Gasteiger partial charge in [-0.25, -0.2) is 4.68 Å². The first-order valence-corrected chi connectivity index (χ1v) is 8.43. The highest BCUT2D eigenvalue weighted by molar-refractivity contribution is 6.42. The van der Waals surface area contributed by atoms with Crippen LogP contribution in [0.15, 0.2) is 24.4 Å². The molecule has 1 unspecified atom stereocenters. The zero-order valence-electron chi connectivity index (χ0n) is 13.2. The highest BCUT2D eigenvalue weighted by atomic mass is 35.5. The molecule has 0 aliphatic carbocycles. The number of aromatic nitrogens is 3. The third kappa shape index (κ3) is 3.69. The van der Waals surface area contributed by atoms with Crippen LogP contribution in [0.5, 0.6) is 0 Å². The van der Waals surface area contributed by atoms with E-state index in [9.17, 15) is 5.11 Å². The Morgan fingerprint density at radius 3 is 2.78 bits per heavy atom. The molecule has 1 aliphatic rings. The summed E-state index contributed by atoms with van der Waals surface area (Å²) in [4.78, 5) is 2.27. The van der Waals surface area contributed by atoms with Crippen LogP contribution in [0.4, 0.5) is 0 Å². The van der Waals surface area contributed by atoms with Crippen LogP contribution >= 0.6 is 23.2 Å². The van der Waals surface area contributed by atoms with Gasteiger partial charge in [0.25, 0.3) is 0 Å². The van der Waals surface area contributed by atoms with E-state index in [-0.39, 0.29) is 6.04 Å². The van der Waals surface area contributed by atoms with Gasteiger partial charge in [0.05, 0.1) is 33.2 Å². The molecule has 5 nitrogen and oxygen atoms in total. The van der Waals surface area contributed by atoms with Crippen LogP contribution in [-0.4, -0.2) is 43.2 Å². The maximum absolute atomic E-state index is 10.3. The molecular weight excluding hydrogens is 335 g/mol. The molecule has 2 aromatic rings. The molecule has 0 amide bonds. The lowest BCUT2D eigenvalue weighted by Gasteiger charge is -2.33. The second-order valence-electron chi connectivity index (χ2n) is 6.54. The fourth-order valence-corrected chi connectivity index (χ4v) is 3.44. The van der Waals surface area contributed by atoms with Crippen LogP contribution in [0.1, 0.15) is 32.4 Å². The third-order valence-corrected chi connectivity index (χ3v) is 4.99. The monoisotopic (exact) mass is 354 g/mol. The quantitative estimate of drug-likeness (QED) is 0.914.